The highest BCUT2D eigenvalue weighted by atomic mass is 79.9. The van der Waals surface area contributed by atoms with Crippen molar-refractivity contribution in [3.05, 3.63) is 57.1 Å². The number of nitro groups is 1. The summed E-state index contributed by atoms with van der Waals surface area (Å²) in [5, 5.41) is 10.9. The van der Waals surface area contributed by atoms with Crippen molar-refractivity contribution in [3.8, 4) is 17.2 Å². The Labute approximate surface area is 118 Å². The number of hydrogen-bond donors (Lipinski definition) is 0. The minimum absolute atomic E-state index is 0.130. The fourth-order valence-corrected chi connectivity index (χ4v) is 1.92. The molecule has 0 N–H and O–H groups in total. The minimum Gasteiger partial charge on any atom is -0.490 e. The van der Waals surface area contributed by atoms with E-state index in [9.17, 15) is 10.1 Å². The Hall–Kier alpha value is -2.08. The summed E-state index contributed by atoms with van der Waals surface area (Å²) in [4.78, 5) is 10.4. The van der Waals surface area contributed by atoms with E-state index in [1.165, 1.54) is 19.2 Å². The average molecular weight is 324 g/mol. The monoisotopic (exact) mass is 323 g/mol. The fourth-order valence-electron chi connectivity index (χ4n) is 1.54. The summed E-state index contributed by atoms with van der Waals surface area (Å²) in [6.07, 6.45) is 0. The van der Waals surface area contributed by atoms with Crippen LogP contribution in [0.4, 0.5) is 5.69 Å². The van der Waals surface area contributed by atoms with E-state index in [1.54, 1.807) is 18.2 Å². The molecule has 6 heteroatoms. The van der Waals surface area contributed by atoms with Gasteiger partial charge in [-0.1, -0.05) is 22.0 Å². The zero-order valence-corrected chi connectivity index (χ0v) is 11.6. The van der Waals surface area contributed by atoms with Crippen LogP contribution in [0.5, 0.6) is 17.2 Å². The summed E-state index contributed by atoms with van der Waals surface area (Å²) in [5.41, 5.74) is -0.130. The third-order valence-electron chi connectivity index (χ3n) is 2.38. The van der Waals surface area contributed by atoms with Gasteiger partial charge in [0.15, 0.2) is 5.75 Å². The Bertz CT molecular complexity index is 615. The Kier molecular flexibility index (Phi) is 4.01. The van der Waals surface area contributed by atoms with Crippen LogP contribution in [-0.2, 0) is 0 Å². The van der Waals surface area contributed by atoms with Crippen molar-refractivity contribution in [1.82, 2.24) is 0 Å². The SMILES string of the molecule is COc1ccc(Oc2cccc(Br)c2)cc1[N+](=O)[O-]. The van der Waals surface area contributed by atoms with Crippen molar-refractivity contribution in [1.29, 1.82) is 0 Å². The molecule has 5 nitrogen and oxygen atoms in total. The van der Waals surface area contributed by atoms with Crippen LogP contribution in [-0.4, -0.2) is 12.0 Å². The lowest BCUT2D eigenvalue weighted by atomic mass is 10.2. The van der Waals surface area contributed by atoms with Crippen molar-refractivity contribution in [2.75, 3.05) is 7.11 Å². The fraction of sp³-hybridized carbons (Fsp3) is 0.0769. The van der Waals surface area contributed by atoms with E-state index < -0.39 is 4.92 Å². The van der Waals surface area contributed by atoms with E-state index in [1.807, 2.05) is 12.1 Å². The Balaban J connectivity index is 2.31. The molecule has 98 valence electrons. The van der Waals surface area contributed by atoms with E-state index in [4.69, 9.17) is 9.47 Å². The molecule has 0 saturated heterocycles. The van der Waals surface area contributed by atoms with Crippen LogP contribution in [0.3, 0.4) is 0 Å². The van der Waals surface area contributed by atoms with Crippen LogP contribution in [0.15, 0.2) is 46.9 Å². The zero-order valence-electron chi connectivity index (χ0n) is 10.00. The molecule has 0 aliphatic rings. The zero-order chi connectivity index (χ0) is 13.8. The molecule has 2 aromatic rings. The molecule has 0 amide bonds. The molecular formula is C13H10BrNO4. The highest BCUT2D eigenvalue weighted by molar-refractivity contribution is 9.10. The van der Waals surface area contributed by atoms with Crippen molar-refractivity contribution < 1.29 is 14.4 Å². The van der Waals surface area contributed by atoms with Gasteiger partial charge in [-0.05, 0) is 30.3 Å². The van der Waals surface area contributed by atoms with Crippen LogP contribution in [0, 0.1) is 10.1 Å². The number of benzene rings is 2. The molecular weight excluding hydrogens is 314 g/mol. The number of methoxy groups -OCH3 is 1. The highest BCUT2D eigenvalue weighted by Crippen LogP contribution is 2.33. The number of rotatable bonds is 4. The molecule has 2 rings (SSSR count). The number of nitrogens with zero attached hydrogens (tertiary/aromatic N) is 1. The molecule has 0 spiro atoms. The minimum atomic E-state index is -0.507. The summed E-state index contributed by atoms with van der Waals surface area (Å²) in [5.74, 6) is 1.17. The third kappa shape index (κ3) is 3.23. The molecule has 0 heterocycles. The first-order valence-corrected chi connectivity index (χ1v) is 6.15. The standard InChI is InChI=1S/C13H10BrNO4/c1-18-13-6-5-11(8-12(13)15(16)17)19-10-4-2-3-9(14)7-10/h2-8H,1H3. The van der Waals surface area contributed by atoms with Crippen LogP contribution in [0.25, 0.3) is 0 Å². The van der Waals surface area contributed by atoms with Crippen LogP contribution in [0.1, 0.15) is 0 Å². The Morgan fingerprint density at radius 1 is 1.16 bits per heavy atom. The molecule has 19 heavy (non-hydrogen) atoms. The first-order chi connectivity index (χ1) is 9.10. The first-order valence-electron chi connectivity index (χ1n) is 5.36. The lowest BCUT2D eigenvalue weighted by molar-refractivity contribution is -0.385. The van der Waals surface area contributed by atoms with E-state index in [2.05, 4.69) is 15.9 Å². The first kappa shape index (κ1) is 13.4. The molecule has 0 aromatic heterocycles. The average Bonchev–Trinajstić information content (AvgIpc) is 2.38. The van der Waals surface area contributed by atoms with Gasteiger partial charge in [0.25, 0.3) is 0 Å². The van der Waals surface area contributed by atoms with Crippen molar-refractivity contribution >= 4 is 21.6 Å². The topological polar surface area (TPSA) is 61.6 Å². The maximum Gasteiger partial charge on any atom is 0.314 e. The Morgan fingerprint density at radius 2 is 1.89 bits per heavy atom. The van der Waals surface area contributed by atoms with Gasteiger partial charge in [0, 0.05) is 4.47 Å². The largest absolute Gasteiger partial charge is 0.490 e. The highest BCUT2D eigenvalue weighted by Gasteiger charge is 2.16. The lowest BCUT2D eigenvalue weighted by Gasteiger charge is -2.07. The van der Waals surface area contributed by atoms with E-state index >= 15 is 0 Å². The second-order valence-corrected chi connectivity index (χ2v) is 4.57. The van der Waals surface area contributed by atoms with E-state index in [0.29, 0.717) is 11.5 Å². The predicted molar refractivity (Wildman–Crippen MR) is 73.9 cm³/mol. The van der Waals surface area contributed by atoms with Gasteiger partial charge in [-0.3, -0.25) is 10.1 Å². The van der Waals surface area contributed by atoms with Crippen molar-refractivity contribution in [2.45, 2.75) is 0 Å². The number of ether oxygens (including phenoxy) is 2. The molecule has 0 aliphatic carbocycles. The van der Waals surface area contributed by atoms with Gasteiger partial charge >= 0.3 is 5.69 Å². The maximum absolute atomic E-state index is 10.9. The summed E-state index contributed by atoms with van der Waals surface area (Å²) in [6.45, 7) is 0. The molecule has 0 aliphatic heterocycles. The molecule has 0 radical (unpaired) electrons. The normalized spacial score (nSPS) is 10.0. The lowest BCUT2D eigenvalue weighted by Crippen LogP contribution is -1.94. The third-order valence-corrected chi connectivity index (χ3v) is 2.87. The van der Waals surface area contributed by atoms with Gasteiger partial charge in [-0.15, -0.1) is 0 Å². The van der Waals surface area contributed by atoms with E-state index in [-0.39, 0.29) is 11.4 Å². The van der Waals surface area contributed by atoms with Crippen LogP contribution >= 0.6 is 15.9 Å². The van der Waals surface area contributed by atoms with Crippen LogP contribution in [0.2, 0.25) is 0 Å². The molecule has 0 atom stereocenters. The molecule has 0 bridgehead atoms. The van der Waals surface area contributed by atoms with Crippen molar-refractivity contribution in [3.63, 3.8) is 0 Å². The summed E-state index contributed by atoms with van der Waals surface area (Å²) in [7, 11) is 1.39. The molecule has 0 unspecified atom stereocenters. The van der Waals surface area contributed by atoms with Crippen LogP contribution < -0.4 is 9.47 Å². The Morgan fingerprint density at radius 3 is 2.53 bits per heavy atom. The van der Waals surface area contributed by atoms with Gasteiger partial charge in [0.05, 0.1) is 18.1 Å². The van der Waals surface area contributed by atoms with Gasteiger partial charge in [-0.25, -0.2) is 0 Å². The van der Waals surface area contributed by atoms with Gasteiger partial charge < -0.3 is 9.47 Å². The predicted octanol–water partition coefficient (Wildman–Crippen LogP) is 4.16. The maximum atomic E-state index is 10.9. The molecule has 0 saturated carbocycles. The summed E-state index contributed by atoms with van der Waals surface area (Å²) >= 11 is 3.33. The van der Waals surface area contributed by atoms with Crippen molar-refractivity contribution in [2.24, 2.45) is 0 Å². The van der Waals surface area contributed by atoms with Gasteiger partial charge in [0.2, 0.25) is 0 Å². The van der Waals surface area contributed by atoms with Gasteiger partial charge in [-0.2, -0.15) is 0 Å². The quantitative estimate of drug-likeness (QED) is 0.626. The van der Waals surface area contributed by atoms with E-state index in [0.717, 1.165) is 4.47 Å². The summed E-state index contributed by atoms with van der Waals surface area (Å²) < 4.78 is 11.4. The number of halogens is 1. The summed E-state index contributed by atoms with van der Waals surface area (Å²) in [6, 6.07) is 11.7. The molecule has 2 aromatic carbocycles. The second-order valence-electron chi connectivity index (χ2n) is 3.65. The second kappa shape index (κ2) is 5.71. The number of nitro benzene ring substituents is 1. The molecule has 0 fully saturated rings. The smallest absolute Gasteiger partial charge is 0.314 e. The number of hydrogen-bond acceptors (Lipinski definition) is 4. The van der Waals surface area contributed by atoms with Gasteiger partial charge in [0.1, 0.15) is 11.5 Å².